The summed E-state index contributed by atoms with van der Waals surface area (Å²) >= 11 is 0. The van der Waals surface area contributed by atoms with Crippen molar-refractivity contribution in [3.8, 4) is 0 Å². The highest BCUT2D eigenvalue weighted by Crippen LogP contribution is 2.23. The van der Waals surface area contributed by atoms with Gasteiger partial charge in [-0.05, 0) is 19.8 Å². The predicted octanol–water partition coefficient (Wildman–Crippen LogP) is 0.591. The van der Waals surface area contributed by atoms with E-state index in [0.717, 1.165) is 0 Å². The van der Waals surface area contributed by atoms with Crippen molar-refractivity contribution in [3.05, 3.63) is 0 Å². The summed E-state index contributed by atoms with van der Waals surface area (Å²) in [6, 6.07) is 0. The molecule has 0 radical (unpaired) electrons. The topological polar surface area (TPSA) is 66.8 Å². The molecule has 1 aliphatic heterocycles. The minimum Gasteiger partial charge on any atom is -0.481 e. The van der Waals surface area contributed by atoms with Crippen molar-refractivity contribution >= 4 is 11.9 Å². The Morgan fingerprint density at radius 1 is 1.44 bits per heavy atom. The molecule has 1 saturated heterocycles. The van der Waals surface area contributed by atoms with Crippen molar-refractivity contribution in [3.63, 3.8) is 0 Å². The quantitative estimate of drug-likeness (QED) is 0.766. The van der Waals surface area contributed by atoms with Crippen molar-refractivity contribution < 1.29 is 19.4 Å². The van der Waals surface area contributed by atoms with Crippen LogP contribution >= 0.6 is 0 Å². The third kappa shape index (κ3) is 3.20. The molecular formula is C11H19NO4. The Kier molecular flexibility index (Phi) is 4.29. The Morgan fingerprint density at radius 3 is 2.50 bits per heavy atom. The van der Waals surface area contributed by atoms with E-state index in [1.165, 1.54) is 0 Å². The van der Waals surface area contributed by atoms with Crippen LogP contribution in [-0.4, -0.2) is 47.7 Å². The smallest absolute Gasteiger partial charge is 0.308 e. The summed E-state index contributed by atoms with van der Waals surface area (Å²) in [7, 11) is 0. The number of ether oxygens (including phenoxy) is 1. The van der Waals surface area contributed by atoms with E-state index in [-0.39, 0.29) is 24.5 Å². The van der Waals surface area contributed by atoms with E-state index in [0.29, 0.717) is 13.1 Å². The lowest BCUT2D eigenvalue weighted by Gasteiger charge is -2.16. The van der Waals surface area contributed by atoms with Gasteiger partial charge in [-0.15, -0.1) is 0 Å². The number of hydrogen-bond acceptors (Lipinski definition) is 3. The highest BCUT2D eigenvalue weighted by atomic mass is 16.5. The highest BCUT2D eigenvalue weighted by molar-refractivity contribution is 5.79. The van der Waals surface area contributed by atoms with E-state index in [4.69, 9.17) is 9.84 Å². The zero-order valence-electron chi connectivity index (χ0n) is 9.97. The van der Waals surface area contributed by atoms with Gasteiger partial charge in [0, 0.05) is 13.1 Å². The summed E-state index contributed by atoms with van der Waals surface area (Å²) < 4.78 is 5.21. The van der Waals surface area contributed by atoms with Gasteiger partial charge in [0.25, 0.3) is 0 Å². The molecule has 0 spiro atoms. The van der Waals surface area contributed by atoms with Crippen LogP contribution in [0.25, 0.3) is 0 Å². The average Bonchev–Trinajstić information content (AvgIpc) is 2.56. The Hall–Kier alpha value is -1.10. The molecule has 16 heavy (non-hydrogen) atoms. The maximum atomic E-state index is 11.7. The summed E-state index contributed by atoms with van der Waals surface area (Å²) in [5.41, 5.74) is 0. The van der Waals surface area contributed by atoms with Crippen LogP contribution in [0.5, 0.6) is 0 Å². The lowest BCUT2D eigenvalue weighted by Crippen LogP contribution is -2.33. The van der Waals surface area contributed by atoms with Gasteiger partial charge in [0.2, 0.25) is 5.91 Å². The maximum absolute atomic E-state index is 11.7. The normalized spacial score (nSPS) is 25.1. The van der Waals surface area contributed by atoms with Crippen LogP contribution in [0.4, 0.5) is 0 Å². The van der Waals surface area contributed by atoms with E-state index in [1.54, 1.807) is 4.90 Å². The van der Waals surface area contributed by atoms with Crippen molar-refractivity contribution in [2.24, 2.45) is 11.8 Å². The first-order chi connectivity index (χ1) is 7.41. The van der Waals surface area contributed by atoms with Gasteiger partial charge in [0.05, 0.1) is 12.0 Å². The first-order valence-corrected chi connectivity index (χ1v) is 5.54. The molecule has 5 heteroatoms. The number of amides is 1. The molecule has 0 aliphatic carbocycles. The van der Waals surface area contributed by atoms with Crippen LogP contribution in [0.2, 0.25) is 0 Å². The van der Waals surface area contributed by atoms with Crippen molar-refractivity contribution in [2.75, 3.05) is 19.7 Å². The van der Waals surface area contributed by atoms with E-state index in [2.05, 4.69) is 0 Å². The summed E-state index contributed by atoms with van der Waals surface area (Å²) in [5, 5.41) is 8.93. The third-order valence-electron chi connectivity index (χ3n) is 2.82. The van der Waals surface area contributed by atoms with E-state index >= 15 is 0 Å². The maximum Gasteiger partial charge on any atom is 0.308 e. The minimum atomic E-state index is -0.826. The highest BCUT2D eigenvalue weighted by Gasteiger charge is 2.36. The number of likely N-dealkylation sites (tertiary alicyclic amines) is 1. The number of rotatable bonds is 4. The summed E-state index contributed by atoms with van der Waals surface area (Å²) in [4.78, 5) is 24.1. The standard InChI is InChI=1S/C11H19NO4/c1-7(2)16-6-10(13)12-4-8(3)9(5-12)11(14)15/h7-9H,4-6H2,1-3H3,(H,14,15)/t8-,9-/m1/s1. The number of carbonyl (C=O) groups excluding carboxylic acids is 1. The second kappa shape index (κ2) is 5.30. The number of carboxylic acid groups (broad SMARTS) is 1. The largest absolute Gasteiger partial charge is 0.481 e. The molecule has 1 rings (SSSR count). The predicted molar refractivity (Wildman–Crippen MR) is 58.0 cm³/mol. The first-order valence-electron chi connectivity index (χ1n) is 5.54. The van der Waals surface area contributed by atoms with Crippen LogP contribution in [-0.2, 0) is 14.3 Å². The molecule has 1 aliphatic rings. The van der Waals surface area contributed by atoms with Crippen LogP contribution in [0.15, 0.2) is 0 Å². The number of carboxylic acids is 1. The molecule has 1 N–H and O–H groups in total. The van der Waals surface area contributed by atoms with Crippen LogP contribution in [0, 0.1) is 11.8 Å². The Bertz CT molecular complexity index is 277. The zero-order valence-corrected chi connectivity index (χ0v) is 9.97. The number of carbonyl (C=O) groups is 2. The molecular weight excluding hydrogens is 210 g/mol. The molecule has 0 bridgehead atoms. The molecule has 0 aromatic heterocycles. The second-order valence-corrected chi connectivity index (χ2v) is 4.58. The second-order valence-electron chi connectivity index (χ2n) is 4.58. The molecule has 0 aromatic carbocycles. The van der Waals surface area contributed by atoms with Gasteiger partial charge >= 0.3 is 5.97 Å². The van der Waals surface area contributed by atoms with Crippen LogP contribution in [0.3, 0.4) is 0 Å². The van der Waals surface area contributed by atoms with Gasteiger partial charge in [-0.3, -0.25) is 9.59 Å². The SMILES string of the molecule is CC(C)OCC(=O)N1C[C@@H](C)[C@H](C(=O)O)C1. The number of hydrogen-bond donors (Lipinski definition) is 1. The zero-order chi connectivity index (χ0) is 12.3. The molecule has 0 unspecified atom stereocenters. The monoisotopic (exact) mass is 229 g/mol. The molecule has 5 nitrogen and oxygen atoms in total. The van der Waals surface area contributed by atoms with Gasteiger partial charge in [-0.25, -0.2) is 0 Å². The molecule has 2 atom stereocenters. The van der Waals surface area contributed by atoms with Gasteiger partial charge in [0.1, 0.15) is 6.61 Å². The molecule has 1 amide bonds. The molecule has 0 saturated carbocycles. The number of nitrogens with zero attached hydrogens (tertiary/aromatic N) is 1. The van der Waals surface area contributed by atoms with E-state index in [1.807, 2.05) is 20.8 Å². The van der Waals surface area contributed by atoms with Crippen molar-refractivity contribution in [1.82, 2.24) is 4.90 Å². The summed E-state index contributed by atoms with van der Waals surface area (Å²) in [6.07, 6.45) is 0.0132. The van der Waals surface area contributed by atoms with Crippen LogP contribution in [0.1, 0.15) is 20.8 Å². The summed E-state index contributed by atoms with van der Waals surface area (Å²) in [5.74, 6) is -1.37. The third-order valence-corrected chi connectivity index (χ3v) is 2.82. The van der Waals surface area contributed by atoms with Gasteiger partial charge < -0.3 is 14.7 Å². The Morgan fingerprint density at radius 2 is 2.06 bits per heavy atom. The minimum absolute atomic E-state index is 0.0132. The van der Waals surface area contributed by atoms with Crippen molar-refractivity contribution in [2.45, 2.75) is 26.9 Å². The van der Waals surface area contributed by atoms with Crippen molar-refractivity contribution in [1.29, 1.82) is 0 Å². The van der Waals surface area contributed by atoms with Gasteiger partial charge in [-0.1, -0.05) is 6.92 Å². The van der Waals surface area contributed by atoms with E-state index < -0.39 is 11.9 Å². The molecule has 0 aromatic rings. The lowest BCUT2D eigenvalue weighted by atomic mass is 9.99. The summed E-state index contributed by atoms with van der Waals surface area (Å²) in [6.45, 7) is 6.43. The Labute approximate surface area is 95.4 Å². The molecule has 1 heterocycles. The van der Waals surface area contributed by atoms with Gasteiger partial charge in [0.15, 0.2) is 0 Å². The first kappa shape index (κ1) is 13.0. The van der Waals surface area contributed by atoms with E-state index in [9.17, 15) is 9.59 Å². The fourth-order valence-electron chi connectivity index (χ4n) is 1.82. The van der Waals surface area contributed by atoms with Gasteiger partial charge in [-0.2, -0.15) is 0 Å². The fraction of sp³-hybridized carbons (Fsp3) is 0.818. The lowest BCUT2D eigenvalue weighted by molar-refractivity contribution is -0.142. The molecule has 92 valence electrons. The average molecular weight is 229 g/mol. The fourth-order valence-corrected chi connectivity index (χ4v) is 1.82. The Balaban J connectivity index is 2.45. The van der Waals surface area contributed by atoms with Crippen LogP contribution < -0.4 is 0 Å². The molecule has 1 fully saturated rings. The number of aliphatic carboxylic acids is 1.